The standard InChI is InChI=1S/C37H39F5N6O3/c1-3-5-28-30-33(31(39)32(44-28)26-19-23(49)18-22-6-7-27(38)25(4-2)29(22)26)45-35(46-34(30)48-16-12-43-13-17-48)50-21-36(10-11-36)20-47-14-8-24(9-15-47)51-37(40,41)42/h2,6-7,18-19,24,43,49H,3,5,8-17,20-21H2,1H3. The molecule has 2 N–H and O–H groups in total. The molecule has 2 aromatic heterocycles. The van der Waals surface area contributed by atoms with Gasteiger partial charge in [0.15, 0.2) is 5.82 Å². The van der Waals surface area contributed by atoms with E-state index in [4.69, 9.17) is 21.1 Å². The van der Waals surface area contributed by atoms with Crippen LogP contribution in [0.5, 0.6) is 11.8 Å². The summed E-state index contributed by atoms with van der Waals surface area (Å²) in [5.74, 6) is 1.29. The third-order valence-electron chi connectivity index (χ3n) is 10.0. The molecule has 14 heteroatoms. The summed E-state index contributed by atoms with van der Waals surface area (Å²) in [7, 11) is 0. The van der Waals surface area contributed by atoms with E-state index in [1.165, 1.54) is 24.3 Å². The first-order valence-corrected chi connectivity index (χ1v) is 17.4. The summed E-state index contributed by atoms with van der Waals surface area (Å²) in [6, 6.07) is 5.45. The Kier molecular flexibility index (Phi) is 9.64. The Labute approximate surface area is 292 Å². The maximum Gasteiger partial charge on any atom is 0.522 e. The van der Waals surface area contributed by atoms with Crippen LogP contribution in [0, 0.1) is 29.4 Å². The number of phenols is 1. The average molecular weight is 711 g/mol. The van der Waals surface area contributed by atoms with Crippen LogP contribution in [0.2, 0.25) is 0 Å². The lowest BCUT2D eigenvalue weighted by molar-refractivity contribution is -0.345. The van der Waals surface area contributed by atoms with Crippen molar-refractivity contribution in [3.63, 3.8) is 0 Å². The van der Waals surface area contributed by atoms with Crippen LogP contribution in [0.15, 0.2) is 24.3 Å². The van der Waals surface area contributed by atoms with Gasteiger partial charge in [-0.1, -0.05) is 25.3 Å². The first-order chi connectivity index (χ1) is 24.5. The lowest BCUT2D eigenvalue weighted by Gasteiger charge is -2.34. The van der Waals surface area contributed by atoms with Crippen LogP contribution >= 0.6 is 0 Å². The Hall–Kier alpha value is -4.32. The summed E-state index contributed by atoms with van der Waals surface area (Å²) in [5, 5.41) is 15.1. The number of hydrogen-bond acceptors (Lipinski definition) is 9. The van der Waals surface area contributed by atoms with Crippen molar-refractivity contribution in [2.45, 2.75) is 57.9 Å². The van der Waals surface area contributed by atoms with Crippen LogP contribution in [-0.4, -0.2) is 89.8 Å². The van der Waals surface area contributed by atoms with Crippen molar-refractivity contribution < 1.29 is 36.5 Å². The van der Waals surface area contributed by atoms with Gasteiger partial charge in [-0.25, -0.2) is 13.8 Å². The number of hydrogen-bond donors (Lipinski definition) is 2. The fourth-order valence-corrected chi connectivity index (χ4v) is 7.32. The number of likely N-dealkylation sites (tertiary alicyclic amines) is 1. The van der Waals surface area contributed by atoms with E-state index < -0.39 is 24.1 Å². The third-order valence-corrected chi connectivity index (χ3v) is 10.0. The molecule has 2 saturated heterocycles. The minimum Gasteiger partial charge on any atom is -0.508 e. The van der Waals surface area contributed by atoms with Crippen molar-refractivity contribution in [2.75, 3.05) is 57.3 Å². The predicted molar refractivity (Wildman–Crippen MR) is 183 cm³/mol. The molecule has 0 unspecified atom stereocenters. The molecule has 1 aliphatic carbocycles. The number of benzene rings is 2. The number of anilines is 1. The van der Waals surface area contributed by atoms with Gasteiger partial charge in [0, 0.05) is 62.2 Å². The predicted octanol–water partition coefficient (Wildman–Crippen LogP) is 6.33. The zero-order valence-electron chi connectivity index (χ0n) is 28.3. The zero-order valence-corrected chi connectivity index (χ0v) is 28.3. The molecule has 51 heavy (non-hydrogen) atoms. The summed E-state index contributed by atoms with van der Waals surface area (Å²) >= 11 is 0. The van der Waals surface area contributed by atoms with Gasteiger partial charge < -0.3 is 25.0 Å². The molecule has 4 heterocycles. The van der Waals surface area contributed by atoms with Crippen LogP contribution in [0.1, 0.15) is 50.3 Å². The lowest BCUT2D eigenvalue weighted by atomic mass is 9.95. The maximum atomic E-state index is 17.1. The highest BCUT2D eigenvalue weighted by molar-refractivity contribution is 6.03. The number of piperazine rings is 1. The van der Waals surface area contributed by atoms with Crippen molar-refractivity contribution in [2.24, 2.45) is 5.41 Å². The molecular weight excluding hydrogens is 671 g/mol. The molecule has 9 nitrogen and oxygen atoms in total. The van der Waals surface area contributed by atoms with E-state index in [0.29, 0.717) is 80.9 Å². The second kappa shape index (κ2) is 14.0. The number of aromatic nitrogens is 3. The smallest absolute Gasteiger partial charge is 0.508 e. The number of terminal acetylenes is 1. The Morgan fingerprint density at radius 1 is 1.04 bits per heavy atom. The van der Waals surface area contributed by atoms with Gasteiger partial charge in [-0.2, -0.15) is 9.97 Å². The van der Waals surface area contributed by atoms with E-state index in [1.54, 1.807) is 0 Å². The number of piperidine rings is 1. The fourth-order valence-electron chi connectivity index (χ4n) is 7.32. The van der Waals surface area contributed by atoms with E-state index in [2.05, 4.69) is 30.8 Å². The first kappa shape index (κ1) is 35.1. The summed E-state index contributed by atoms with van der Waals surface area (Å²) < 4.78 is 80.7. The molecule has 7 rings (SSSR count). The van der Waals surface area contributed by atoms with E-state index in [0.717, 1.165) is 12.8 Å². The monoisotopic (exact) mass is 710 g/mol. The second-order valence-electron chi connectivity index (χ2n) is 13.7. The summed E-state index contributed by atoms with van der Waals surface area (Å²) in [5.41, 5.74) is 0.267. The third kappa shape index (κ3) is 7.38. The Balaban J connectivity index is 1.27. The summed E-state index contributed by atoms with van der Waals surface area (Å²) in [6.45, 7) is 6.46. The van der Waals surface area contributed by atoms with E-state index in [1.807, 2.05) is 6.92 Å². The molecule has 2 aromatic carbocycles. The first-order valence-electron chi connectivity index (χ1n) is 17.4. The summed E-state index contributed by atoms with van der Waals surface area (Å²) in [4.78, 5) is 18.5. The van der Waals surface area contributed by atoms with Gasteiger partial charge in [0.25, 0.3) is 0 Å². The largest absolute Gasteiger partial charge is 0.522 e. The summed E-state index contributed by atoms with van der Waals surface area (Å²) in [6.07, 6.45) is 3.70. The number of nitrogens with zero attached hydrogens (tertiary/aromatic N) is 5. The maximum absolute atomic E-state index is 17.1. The number of halogens is 5. The van der Waals surface area contributed by atoms with Crippen LogP contribution < -0.4 is 15.0 Å². The molecule has 0 amide bonds. The van der Waals surface area contributed by atoms with Crippen molar-refractivity contribution in [1.82, 2.24) is 25.2 Å². The van der Waals surface area contributed by atoms with Gasteiger partial charge in [-0.3, -0.25) is 4.74 Å². The molecule has 0 radical (unpaired) electrons. The van der Waals surface area contributed by atoms with Crippen molar-refractivity contribution >= 4 is 27.5 Å². The molecule has 0 spiro atoms. The molecule has 0 atom stereocenters. The number of aryl methyl sites for hydroxylation is 1. The van der Waals surface area contributed by atoms with Gasteiger partial charge >= 0.3 is 12.4 Å². The molecule has 1 saturated carbocycles. The van der Waals surface area contributed by atoms with Crippen LogP contribution in [0.4, 0.5) is 27.8 Å². The number of fused-ring (bicyclic) bond motifs is 2. The van der Waals surface area contributed by atoms with Crippen molar-refractivity contribution in [3.8, 4) is 35.4 Å². The van der Waals surface area contributed by atoms with Gasteiger partial charge in [0.2, 0.25) is 0 Å². The van der Waals surface area contributed by atoms with E-state index >= 15 is 4.39 Å². The van der Waals surface area contributed by atoms with Crippen molar-refractivity contribution in [3.05, 3.63) is 47.2 Å². The molecule has 2 aliphatic heterocycles. The topological polar surface area (TPSA) is 95.9 Å². The minimum absolute atomic E-state index is 0.00535. The fraction of sp³-hybridized carbons (Fsp3) is 0.486. The highest BCUT2D eigenvalue weighted by atomic mass is 19.4. The number of aromatic hydroxyl groups is 1. The number of phenolic OH excluding ortho intramolecular Hbond substituents is 1. The van der Waals surface area contributed by atoms with E-state index in [-0.39, 0.29) is 64.3 Å². The quantitative estimate of drug-likeness (QED) is 0.145. The lowest BCUT2D eigenvalue weighted by Crippen LogP contribution is -2.44. The normalized spacial score (nSPS) is 18.3. The van der Waals surface area contributed by atoms with E-state index in [9.17, 15) is 22.7 Å². The van der Waals surface area contributed by atoms with Gasteiger partial charge in [-0.15, -0.1) is 19.6 Å². The number of nitrogens with one attached hydrogen (secondary N) is 1. The van der Waals surface area contributed by atoms with Crippen molar-refractivity contribution in [1.29, 1.82) is 0 Å². The highest BCUT2D eigenvalue weighted by Gasteiger charge is 2.46. The van der Waals surface area contributed by atoms with Crippen LogP contribution in [0.3, 0.4) is 0 Å². The number of ether oxygens (including phenoxy) is 2. The van der Waals surface area contributed by atoms with Crippen LogP contribution in [-0.2, 0) is 11.2 Å². The minimum atomic E-state index is -4.64. The van der Waals surface area contributed by atoms with Crippen LogP contribution in [0.25, 0.3) is 32.9 Å². The highest BCUT2D eigenvalue weighted by Crippen LogP contribution is 2.47. The van der Waals surface area contributed by atoms with Gasteiger partial charge in [0.1, 0.15) is 28.6 Å². The molecule has 4 aromatic rings. The number of pyridine rings is 1. The SMILES string of the molecule is C#Cc1c(F)ccc2cc(O)cc(-c3nc(CCC)c4c(N5CCNCC5)nc(OCC5(CN6CCC(OC(F)(F)F)CC6)CC5)nc4c3F)c12. The molecule has 3 fully saturated rings. The number of rotatable bonds is 10. The van der Waals surface area contributed by atoms with Gasteiger partial charge in [0.05, 0.1) is 29.4 Å². The Bertz CT molecular complexity index is 1980. The average Bonchev–Trinajstić information content (AvgIpc) is 3.88. The number of alkyl halides is 3. The Morgan fingerprint density at radius 3 is 2.45 bits per heavy atom. The second-order valence-corrected chi connectivity index (χ2v) is 13.7. The zero-order chi connectivity index (χ0) is 35.9. The van der Waals surface area contributed by atoms with Gasteiger partial charge in [-0.05, 0) is 55.7 Å². The molecular formula is C37H39F5N6O3. The molecule has 3 aliphatic rings. The molecule has 0 bridgehead atoms. The Morgan fingerprint density at radius 2 is 1.78 bits per heavy atom. The molecule has 270 valence electrons.